The minimum absolute atomic E-state index is 0.106. The Hall–Kier alpha value is -2.64. The van der Waals surface area contributed by atoms with Crippen molar-refractivity contribution in [2.24, 2.45) is 7.05 Å². The van der Waals surface area contributed by atoms with Gasteiger partial charge in [-0.2, -0.15) is 4.98 Å². The molecule has 1 aliphatic rings. The summed E-state index contributed by atoms with van der Waals surface area (Å²) in [5.41, 5.74) is 0.533. The minimum atomic E-state index is -0.529. The van der Waals surface area contributed by atoms with Gasteiger partial charge in [0.15, 0.2) is 5.82 Å². The maximum atomic E-state index is 12.8. The first kappa shape index (κ1) is 16.2. The molecule has 3 heterocycles. The van der Waals surface area contributed by atoms with Gasteiger partial charge in [0.2, 0.25) is 11.8 Å². The Kier molecular flexibility index (Phi) is 4.64. The molecule has 1 unspecified atom stereocenters. The predicted molar refractivity (Wildman–Crippen MR) is 85.0 cm³/mol. The fourth-order valence-electron chi connectivity index (χ4n) is 2.89. The average molecular weight is 331 g/mol. The number of nitrogens with one attached hydrogen (secondary N) is 1. The van der Waals surface area contributed by atoms with E-state index in [1.807, 2.05) is 0 Å². The van der Waals surface area contributed by atoms with E-state index in [-0.39, 0.29) is 18.4 Å². The van der Waals surface area contributed by atoms with Crippen molar-refractivity contribution in [2.75, 3.05) is 6.54 Å². The number of carbonyl (C=O) groups is 2. The van der Waals surface area contributed by atoms with Crippen molar-refractivity contribution < 1.29 is 14.1 Å². The lowest BCUT2D eigenvalue weighted by molar-refractivity contribution is -0.133. The number of carbonyl (C=O) groups excluding carboxylic acids is 2. The van der Waals surface area contributed by atoms with E-state index in [2.05, 4.69) is 15.5 Å². The fourth-order valence-corrected chi connectivity index (χ4v) is 2.89. The van der Waals surface area contributed by atoms with Gasteiger partial charge in [-0.05, 0) is 38.3 Å². The molecule has 0 aliphatic carbocycles. The monoisotopic (exact) mass is 331 g/mol. The van der Waals surface area contributed by atoms with E-state index in [1.165, 1.54) is 0 Å². The van der Waals surface area contributed by atoms with Crippen LogP contribution in [0.2, 0.25) is 0 Å². The summed E-state index contributed by atoms with van der Waals surface area (Å²) in [4.78, 5) is 31.0. The van der Waals surface area contributed by atoms with Gasteiger partial charge in [0.1, 0.15) is 18.3 Å². The zero-order valence-corrected chi connectivity index (χ0v) is 13.9. The second-order valence-electron chi connectivity index (χ2n) is 6.02. The zero-order valence-electron chi connectivity index (χ0n) is 13.9. The van der Waals surface area contributed by atoms with Crippen LogP contribution in [0.15, 0.2) is 22.9 Å². The molecule has 0 aromatic carbocycles. The zero-order chi connectivity index (χ0) is 17.1. The van der Waals surface area contributed by atoms with Gasteiger partial charge in [-0.15, -0.1) is 0 Å². The highest BCUT2D eigenvalue weighted by atomic mass is 16.5. The summed E-state index contributed by atoms with van der Waals surface area (Å²) >= 11 is 0. The first-order chi connectivity index (χ1) is 11.5. The molecule has 1 aliphatic heterocycles. The summed E-state index contributed by atoms with van der Waals surface area (Å²) in [5.74, 6) is 0.610. The largest absolute Gasteiger partial charge is 0.347 e. The molecule has 2 aromatic heterocycles. The van der Waals surface area contributed by atoms with Gasteiger partial charge in [0.25, 0.3) is 5.91 Å². The van der Waals surface area contributed by atoms with Crippen LogP contribution >= 0.6 is 0 Å². The van der Waals surface area contributed by atoms with Crippen molar-refractivity contribution in [3.63, 3.8) is 0 Å². The number of hydrogen-bond acceptors (Lipinski definition) is 5. The van der Waals surface area contributed by atoms with Crippen molar-refractivity contribution in [3.05, 3.63) is 35.7 Å². The summed E-state index contributed by atoms with van der Waals surface area (Å²) in [6.07, 6.45) is 4.20. The van der Waals surface area contributed by atoms with Crippen molar-refractivity contribution in [1.82, 2.24) is 24.9 Å². The standard InChI is InChI=1S/C16H21N5O3/c1-11-17-14(24-19-11)10-21-9-4-3-6-12(16(21)23)18-15(22)13-7-5-8-20(13)2/h5,7-8,12H,3-4,6,9-10H2,1-2H3,(H,18,22). The number of nitrogens with zero attached hydrogens (tertiary/aromatic N) is 4. The van der Waals surface area contributed by atoms with E-state index in [0.29, 0.717) is 30.4 Å². The molecule has 1 atom stereocenters. The van der Waals surface area contributed by atoms with Crippen LogP contribution in [0.5, 0.6) is 0 Å². The molecule has 1 fully saturated rings. The van der Waals surface area contributed by atoms with Crippen LogP contribution in [0.1, 0.15) is 41.5 Å². The van der Waals surface area contributed by atoms with Crippen molar-refractivity contribution in [1.29, 1.82) is 0 Å². The smallest absolute Gasteiger partial charge is 0.268 e. The lowest BCUT2D eigenvalue weighted by Gasteiger charge is -2.23. The molecule has 128 valence electrons. The minimum Gasteiger partial charge on any atom is -0.347 e. The Morgan fingerprint density at radius 2 is 2.29 bits per heavy atom. The molecule has 2 amide bonds. The van der Waals surface area contributed by atoms with Crippen LogP contribution in [0.25, 0.3) is 0 Å². The van der Waals surface area contributed by atoms with E-state index >= 15 is 0 Å². The normalized spacial score (nSPS) is 18.5. The Labute approximate surface area is 139 Å². The van der Waals surface area contributed by atoms with Crippen molar-refractivity contribution >= 4 is 11.8 Å². The molecular weight excluding hydrogens is 310 g/mol. The highest BCUT2D eigenvalue weighted by molar-refractivity contribution is 5.96. The third-order valence-electron chi connectivity index (χ3n) is 4.16. The molecule has 0 radical (unpaired) electrons. The van der Waals surface area contributed by atoms with Crippen molar-refractivity contribution in [2.45, 2.75) is 38.8 Å². The Morgan fingerprint density at radius 1 is 1.46 bits per heavy atom. The molecule has 0 spiro atoms. The maximum Gasteiger partial charge on any atom is 0.268 e. The lowest BCUT2D eigenvalue weighted by atomic mass is 10.1. The predicted octanol–water partition coefficient (Wildman–Crippen LogP) is 1.03. The number of rotatable bonds is 4. The Balaban J connectivity index is 1.69. The van der Waals surface area contributed by atoms with Crippen LogP contribution in [0.3, 0.4) is 0 Å². The molecular formula is C16H21N5O3. The van der Waals surface area contributed by atoms with Gasteiger partial charge >= 0.3 is 0 Å². The average Bonchev–Trinajstić information content (AvgIpc) is 3.12. The highest BCUT2D eigenvalue weighted by Gasteiger charge is 2.29. The molecule has 2 aromatic rings. The van der Waals surface area contributed by atoms with E-state index in [4.69, 9.17) is 4.52 Å². The van der Waals surface area contributed by atoms with Crippen LogP contribution in [0.4, 0.5) is 0 Å². The van der Waals surface area contributed by atoms with Crippen LogP contribution < -0.4 is 5.32 Å². The number of aryl methyl sites for hydroxylation is 2. The number of likely N-dealkylation sites (tertiary alicyclic amines) is 1. The molecule has 3 rings (SSSR count). The molecule has 1 saturated heterocycles. The molecule has 0 saturated carbocycles. The number of hydrogen-bond donors (Lipinski definition) is 1. The Morgan fingerprint density at radius 3 is 2.96 bits per heavy atom. The molecule has 0 bridgehead atoms. The summed E-state index contributed by atoms with van der Waals surface area (Å²) in [5, 5.41) is 6.60. The van der Waals surface area contributed by atoms with Crippen LogP contribution in [-0.2, 0) is 18.4 Å². The molecule has 1 N–H and O–H groups in total. The quantitative estimate of drug-likeness (QED) is 0.903. The second-order valence-corrected chi connectivity index (χ2v) is 6.02. The van der Waals surface area contributed by atoms with Gasteiger partial charge in [-0.25, -0.2) is 0 Å². The number of aromatic nitrogens is 3. The van der Waals surface area contributed by atoms with Crippen LogP contribution in [-0.4, -0.2) is 44.0 Å². The van der Waals surface area contributed by atoms with Gasteiger partial charge < -0.3 is 19.3 Å². The number of amides is 2. The van der Waals surface area contributed by atoms with E-state index in [1.54, 1.807) is 41.8 Å². The lowest BCUT2D eigenvalue weighted by Crippen LogP contribution is -2.47. The summed E-state index contributed by atoms with van der Waals surface area (Å²) in [7, 11) is 1.80. The summed E-state index contributed by atoms with van der Waals surface area (Å²) < 4.78 is 6.83. The second kappa shape index (κ2) is 6.86. The first-order valence-corrected chi connectivity index (χ1v) is 8.05. The van der Waals surface area contributed by atoms with E-state index in [9.17, 15) is 9.59 Å². The topological polar surface area (TPSA) is 93.3 Å². The maximum absolute atomic E-state index is 12.8. The summed E-state index contributed by atoms with van der Waals surface area (Å²) in [6, 6.07) is 3.00. The Bertz CT molecular complexity index is 736. The van der Waals surface area contributed by atoms with Gasteiger partial charge in [-0.3, -0.25) is 9.59 Å². The van der Waals surface area contributed by atoms with Gasteiger partial charge in [0.05, 0.1) is 0 Å². The van der Waals surface area contributed by atoms with E-state index in [0.717, 1.165) is 12.8 Å². The molecule has 8 nitrogen and oxygen atoms in total. The third kappa shape index (κ3) is 3.47. The van der Waals surface area contributed by atoms with Crippen molar-refractivity contribution in [3.8, 4) is 0 Å². The fraction of sp³-hybridized carbons (Fsp3) is 0.500. The first-order valence-electron chi connectivity index (χ1n) is 8.05. The van der Waals surface area contributed by atoms with Crippen LogP contribution in [0, 0.1) is 6.92 Å². The highest BCUT2D eigenvalue weighted by Crippen LogP contribution is 2.15. The molecule has 24 heavy (non-hydrogen) atoms. The van der Waals surface area contributed by atoms with Gasteiger partial charge in [0, 0.05) is 19.8 Å². The molecule has 8 heteroatoms. The van der Waals surface area contributed by atoms with E-state index < -0.39 is 6.04 Å². The SMILES string of the molecule is Cc1noc(CN2CCCCC(NC(=O)c3cccn3C)C2=O)n1. The third-order valence-corrected chi connectivity index (χ3v) is 4.16. The van der Waals surface area contributed by atoms with Gasteiger partial charge in [-0.1, -0.05) is 5.16 Å². The summed E-state index contributed by atoms with van der Waals surface area (Å²) in [6.45, 7) is 2.63.